The van der Waals surface area contributed by atoms with E-state index >= 15 is 0 Å². The van der Waals surface area contributed by atoms with Gasteiger partial charge < -0.3 is 9.64 Å². The highest BCUT2D eigenvalue weighted by Crippen LogP contribution is 2.27. The highest BCUT2D eigenvalue weighted by molar-refractivity contribution is 7.89. The fourth-order valence-corrected chi connectivity index (χ4v) is 6.19. The van der Waals surface area contributed by atoms with Gasteiger partial charge in [0.15, 0.2) is 5.13 Å². The zero-order valence-electron chi connectivity index (χ0n) is 17.0. The summed E-state index contributed by atoms with van der Waals surface area (Å²) in [7, 11) is -4.21. The van der Waals surface area contributed by atoms with Crippen molar-refractivity contribution in [2.45, 2.75) is 23.8 Å². The predicted octanol–water partition coefficient (Wildman–Crippen LogP) is 0.733. The average molecular weight is 484 g/mol. The molecule has 32 heavy (non-hydrogen) atoms. The third-order valence-corrected chi connectivity index (χ3v) is 8.08. The largest absolute Gasteiger partial charge is 0.378 e. The molecular weight excluding hydrogens is 461 g/mol. The number of hydrogen-bond donors (Lipinski definition) is 2. The number of nitrogens with one attached hydrogen (secondary N) is 2. The number of anilines is 1. The van der Waals surface area contributed by atoms with Gasteiger partial charge in [-0.05, 0) is 25.0 Å². The number of aromatic nitrogens is 1. The molecule has 10 nitrogen and oxygen atoms in total. The molecule has 0 spiro atoms. The zero-order valence-corrected chi connectivity index (χ0v) is 18.6. The lowest BCUT2D eigenvalue weighted by Crippen LogP contribution is -2.51. The molecule has 1 atom stereocenters. The Hall–Kier alpha value is -2.61. The average Bonchev–Trinajstić information content (AvgIpc) is 3.48. The first-order valence-electron chi connectivity index (χ1n) is 10.0. The first-order valence-corrected chi connectivity index (χ1v) is 12.3. The second-order valence-electron chi connectivity index (χ2n) is 7.26. The summed E-state index contributed by atoms with van der Waals surface area (Å²) in [6, 6.07) is 3.96. The van der Waals surface area contributed by atoms with Crippen LogP contribution < -0.4 is 15.8 Å². The molecule has 2 fully saturated rings. The van der Waals surface area contributed by atoms with E-state index in [-0.39, 0.29) is 18.7 Å². The highest BCUT2D eigenvalue weighted by atomic mass is 32.2. The molecule has 0 bridgehead atoms. The van der Waals surface area contributed by atoms with Crippen molar-refractivity contribution < 1.29 is 27.1 Å². The molecule has 2 aromatic rings. The van der Waals surface area contributed by atoms with E-state index < -0.39 is 38.6 Å². The van der Waals surface area contributed by atoms with E-state index in [0.717, 1.165) is 16.4 Å². The molecule has 0 saturated carbocycles. The van der Waals surface area contributed by atoms with E-state index in [2.05, 4.69) is 15.8 Å². The van der Waals surface area contributed by atoms with E-state index in [1.54, 1.807) is 5.38 Å². The van der Waals surface area contributed by atoms with Crippen molar-refractivity contribution >= 4 is 38.3 Å². The maximum Gasteiger partial charge on any atom is 0.289 e. The van der Waals surface area contributed by atoms with E-state index in [4.69, 9.17) is 4.74 Å². The summed E-state index contributed by atoms with van der Waals surface area (Å²) in [5.41, 5.74) is 4.69. The van der Waals surface area contributed by atoms with Crippen LogP contribution >= 0.6 is 11.3 Å². The van der Waals surface area contributed by atoms with Crippen LogP contribution in [0.2, 0.25) is 0 Å². The Labute approximate surface area is 188 Å². The fraction of sp³-hybridized carbons (Fsp3) is 0.421. The molecule has 2 aliphatic heterocycles. The Morgan fingerprint density at radius 1 is 1.16 bits per heavy atom. The van der Waals surface area contributed by atoms with Crippen molar-refractivity contribution in [3.8, 4) is 0 Å². The minimum atomic E-state index is -4.21. The standard InChI is InChI=1S/C19H22FN5O5S2/c20-13-4-1-2-6-16(13)32(28,29)25-7-3-5-15(25)18(27)23-22-17(26)14-12-31-19(21-14)24-8-10-30-11-9-24/h1-2,4,6,12,15H,3,5,7-11H2,(H,22,26)(H,23,27). The lowest BCUT2D eigenvalue weighted by Gasteiger charge is -2.26. The third kappa shape index (κ3) is 4.60. The number of morpholine rings is 1. The maximum absolute atomic E-state index is 14.1. The molecule has 2 aliphatic rings. The summed E-state index contributed by atoms with van der Waals surface area (Å²) in [5.74, 6) is -2.19. The van der Waals surface area contributed by atoms with Gasteiger partial charge in [0, 0.05) is 25.0 Å². The highest BCUT2D eigenvalue weighted by Gasteiger charge is 2.40. The number of sulfonamides is 1. The van der Waals surface area contributed by atoms with Crippen LogP contribution in [0.25, 0.3) is 0 Å². The molecular formula is C19H22FN5O5S2. The molecule has 4 rings (SSSR count). The van der Waals surface area contributed by atoms with Gasteiger partial charge in [-0.15, -0.1) is 11.3 Å². The summed E-state index contributed by atoms with van der Waals surface area (Å²) < 4.78 is 46.1. The summed E-state index contributed by atoms with van der Waals surface area (Å²) in [6.45, 7) is 2.62. The van der Waals surface area contributed by atoms with Gasteiger partial charge in [-0.2, -0.15) is 4.31 Å². The van der Waals surface area contributed by atoms with Gasteiger partial charge in [0.05, 0.1) is 13.2 Å². The number of hydrogen-bond acceptors (Lipinski definition) is 8. The SMILES string of the molecule is O=C(NNC(=O)C1CCCN1S(=O)(=O)c1ccccc1F)c1csc(N2CCOCC2)n1. The molecule has 0 radical (unpaired) electrons. The van der Waals surface area contributed by atoms with Crippen LogP contribution in [0, 0.1) is 5.82 Å². The van der Waals surface area contributed by atoms with Crippen LogP contribution in [0.4, 0.5) is 9.52 Å². The number of rotatable bonds is 5. The zero-order chi connectivity index (χ0) is 22.7. The summed E-state index contributed by atoms with van der Waals surface area (Å²) in [6.07, 6.45) is 0.696. The Kier molecular flexibility index (Phi) is 6.69. The number of amides is 2. The molecule has 0 aliphatic carbocycles. The predicted molar refractivity (Wildman–Crippen MR) is 114 cm³/mol. The quantitative estimate of drug-likeness (QED) is 0.602. The van der Waals surface area contributed by atoms with E-state index in [1.165, 1.54) is 23.5 Å². The van der Waals surface area contributed by atoms with Gasteiger partial charge in [0.1, 0.15) is 22.4 Å². The van der Waals surface area contributed by atoms with Crippen molar-refractivity contribution in [3.63, 3.8) is 0 Å². The number of halogens is 1. The van der Waals surface area contributed by atoms with Gasteiger partial charge in [-0.1, -0.05) is 12.1 Å². The van der Waals surface area contributed by atoms with E-state index in [9.17, 15) is 22.4 Å². The number of ether oxygens (including phenoxy) is 1. The van der Waals surface area contributed by atoms with E-state index in [0.29, 0.717) is 37.9 Å². The summed E-state index contributed by atoms with van der Waals surface area (Å²) in [4.78, 5) is 30.9. The Morgan fingerprint density at radius 2 is 1.91 bits per heavy atom. The Balaban J connectivity index is 1.39. The lowest BCUT2D eigenvalue weighted by molar-refractivity contribution is -0.125. The monoisotopic (exact) mass is 483 g/mol. The molecule has 3 heterocycles. The molecule has 2 amide bonds. The third-order valence-electron chi connectivity index (χ3n) is 5.24. The smallest absolute Gasteiger partial charge is 0.289 e. The van der Waals surface area contributed by atoms with Crippen LogP contribution in [0.1, 0.15) is 23.3 Å². The first-order chi connectivity index (χ1) is 15.4. The van der Waals surface area contributed by atoms with Crippen LogP contribution in [-0.4, -0.2) is 68.4 Å². The Morgan fingerprint density at radius 3 is 2.66 bits per heavy atom. The minimum absolute atomic E-state index is 0.0810. The normalized spacial score (nSPS) is 19.7. The lowest BCUT2D eigenvalue weighted by atomic mass is 10.2. The van der Waals surface area contributed by atoms with Crippen LogP contribution in [0.5, 0.6) is 0 Å². The second kappa shape index (κ2) is 9.48. The summed E-state index contributed by atoms with van der Waals surface area (Å²) in [5, 5.41) is 2.26. The van der Waals surface area contributed by atoms with Crippen molar-refractivity contribution in [1.82, 2.24) is 20.1 Å². The van der Waals surface area contributed by atoms with Gasteiger partial charge in [0.25, 0.3) is 11.8 Å². The minimum Gasteiger partial charge on any atom is -0.378 e. The van der Waals surface area contributed by atoms with Crippen molar-refractivity contribution in [3.05, 3.63) is 41.2 Å². The van der Waals surface area contributed by atoms with E-state index in [1.807, 2.05) is 4.90 Å². The van der Waals surface area contributed by atoms with Gasteiger partial charge in [0.2, 0.25) is 10.0 Å². The van der Waals surface area contributed by atoms with Gasteiger partial charge >= 0.3 is 0 Å². The molecule has 1 aromatic carbocycles. The molecule has 1 aromatic heterocycles. The maximum atomic E-state index is 14.1. The number of carbonyl (C=O) groups excluding carboxylic acids is 2. The topological polar surface area (TPSA) is 121 Å². The number of carbonyl (C=O) groups is 2. The fourth-order valence-electron chi connectivity index (χ4n) is 3.60. The van der Waals surface area contributed by atoms with Crippen LogP contribution in [0.3, 0.4) is 0 Å². The summed E-state index contributed by atoms with van der Waals surface area (Å²) >= 11 is 1.31. The molecule has 2 saturated heterocycles. The van der Waals surface area contributed by atoms with Gasteiger partial charge in [-0.25, -0.2) is 17.8 Å². The Bertz CT molecular complexity index is 1100. The second-order valence-corrected chi connectivity index (χ2v) is 9.96. The van der Waals surface area contributed by atoms with Crippen LogP contribution in [0.15, 0.2) is 34.5 Å². The van der Waals surface area contributed by atoms with Crippen molar-refractivity contribution in [2.75, 3.05) is 37.7 Å². The molecule has 13 heteroatoms. The van der Waals surface area contributed by atoms with Crippen molar-refractivity contribution in [2.24, 2.45) is 0 Å². The molecule has 1 unspecified atom stereocenters. The number of nitrogens with zero attached hydrogens (tertiary/aromatic N) is 3. The first kappa shape index (κ1) is 22.6. The number of hydrazine groups is 1. The van der Waals surface area contributed by atoms with Gasteiger partial charge in [-0.3, -0.25) is 20.4 Å². The molecule has 2 N–H and O–H groups in total. The number of thiazole rings is 1. The molecule has 172 valence electrons. The number of benzene rings is 1. The van der Waals surface area contributed by atoms with Crippen LogP contribution in [-0.2, 0) is 19.6 Å². The van der Waals surface area contributed by atoms with Crippen molar-refractivity contribution in [1.29, 1.82) is 0 Å².